The van der Waals surface area contributed by atoms with E-state index in [9.17, 15) is 9.90 Å². The van der Waals surface area contributed by atoms with Gasteiger partial charge in [-0.3, -0.25) is 4.79 Å². The molecule has 1 aromatic carbocycles. The van der Waals surface area contributed by atoms with Crippen molar-refractivity contribution in [3.8, 4) is 0 Å². The van der Waals surface area contributed by atoms with Crippen molar-refractivity contribution in [2.24, 2.45) is 5.92 Å². The molecular formula is C19H28N2O2. The molecule has 1 saturated heterocycles. The van der Waals surface area contributed by atoms with Gasteiger partial charge in [0.25, 0.3) is 0 Å². The van der Waals surface area contributed by atoms with Crippen LogP contribution in [0.15, 0.2) is 24.3 Å². The van der Waals surface area contributed by atoms with Gasteiger partial charge in [0.05, 0.1) is 6.10 Å². The first kappa shape index (κ1) is 16.3. The number of β-amino-alcohol motifs (C(OH)–C–C–N with tert-alkyl or cyclic N) is 1. The Bertz CT molecular complexity index is 560. The number of fused-ring (bicyclic) bond motifs is 1. The van der Waals surface area contributed by atoms with Gasteiger partial charge in [0.1, 0.15) is 0 Å². The molecule has 0 saturated carbocycles. The van der Waals surface area contributed by atoms with Gasteiger partial charge in [-0.1, -0.05) is 25.1 Å². The van der Waals surface area contributed by atoms with Crippen LogP contribution in [0.5, 0.6) is 0 Å². The van der Waals surface area contributed by atoms with E-state index in [1.807, 2.05) is 4.90 Å². The fourth-order valence-corrected chi connectivity index (χ4v) is 3.75. The fraction of sp³-hybridized carbons (Fsp3) is 0.632. The fourth-order valence-electron chi connectivity index (χ4n) is 3.75. The third kappa shape index (κ3) is 3.52. The van der Waals surface area contributed by atoms with Gasteiger partial charge in [0.15, 0.2) is 0 Å². The average Bonchev–Trinajstić information content (AvgIpc) is 2.56. The van der Waals surface area contributed by atoms with Crippen molar-refractivity contribution < 1.29 is 9.90 Å². The Hall–Kier alpha value is -1.55. The number of carbonyl (C=O) groups excluding carboxylic acids is 1. The number of amides is 1. The second kappa shape index (κ2) is 6.91. The quantitative estimate of drug-likeness (QED) is 0.931. The van der Waals surface area contributed by atoms with E-state index in [4.69, 9.17) is 0 Å². The van der Waals surface area contributed by atoms with Gasteiger partial charge >= 0.3 is 0 Å². The molecule has 0 spiro atoms. The molecule has 126 valence electrons. The number of piperidine rings is 1. The molecule has 0 radical (unpaired) electrons. The lowest BCUT2D eigenvalue weighted by Crippen LogP contribution is -2.47. The largest absolute Gasteiger partial charge is 0.391 e. The van der Waals surface area contributed by atoms with Crippen molar-refractivity contribution in [2.75, 3.05) is 24.5 Å². The molecule has 0 aliphatic carbocycles. The van der Waals surface area contributed by atoms with Gasteiger partial charge in [-0.05, 0) is 43.7 Å². The molecule has 3 atom stereocenters. The van der Waals surface area contributed by atoms with E-state index in [-0.39, 0.29) is 12.0 Å². The third-order valence-corrected chi connectivity index (χ3v) is 5.50. The lowest BCUT2D eigenvalue weighted by atomic mass is 9.95. The molecule has 3 unspecified atom stereocenters. The van der Waals surface area contributed by atoms with Crippen molar-refractivity contribution in [3.63, 3.8) is 0 Å². The molecule has 1 fully saturated rings. The van der Waals surface area contributed by atoms with Crippen molar-refractivity contribution in [1.29, 1.82) is 0 Å². The molecule has 4 heteroatoms. The normalized spacial score (nSPS) is 27.7. The highest BCUT2D eigenvalue weighted by atomic mass is 16.3. The highest BCUT2D eigenvalue weighted by Crippen LogP contribution is 2.30. The Morgan fingerprint density at radius 2 is 2.04 bits per heavy atom. The minimum Gasteiger partial charge on any atom is -0.391 e. The second-order valence-electron chi connectivity index (χ2n) is 7.13. The van der Waals surface area contributed by atoms with Crippen LogP contribution >= 0.6 is 0 Å². The van der Waals surface area contributed by atoms with Crippen LogP contribution in [0.1, 0.15) is 38.7 Å². The monoisotopic (exact) mass is 316 g/mol. The van der Waals surface area contributed by atoms with E-state index in [0.29, 0.717) is 24.9 Å². The summed E-state index contributed by atoms with van der Waals surface area (Å²) >= 11 is 0. The van der Waals surface area contributed by atoms with Crippen molar-refractivity contribution in [2.45, 2.75) is 51.7 Å². The van der Waals surface area contributed by atoms with Crippen LogP contribution in [0.4, 0.5) is 5.69 Å². The first-order valence-electron chi connectivity index (χ1n) is 8.86. The van der Waals surface area contributed by atoms with Gasteiger partial charge in [-0.2, -0.15) is 0 Å². The third-order valence-electron chi connectivity index (χ3n) is 5.50. The molecule has 1 amide bonds. The molecule has 0 bridgehead atoms. The smallest absolute Gasteiger partial charge is 0.224 e. The molecular weight excluding hydrogens is 288 g/mol. The van der Waals surface area contributed by atoms with Crippen molar-refractivity contribution in [1.82, 2.24) is 4.90 Å². The molecule has 23 heavy (non-hydrogen) atoms. The summed E-state index contributed by atoms with van der Waals surface area (Å²) in [5, 5.41) is 9.98. The van der Waals surface area contributed by atoms with Gasteiger partial charge < -0.3 is 14.9 Å². The van der Waals surface area contributed by atoms with Crippen LogP contribution in [0.2, 0.25) is 0 Å². The zero-order valence-corrected chi connectivity index (χ0v) is 14.2. The van der Waals surface area contributed by atoms with E-state index in [1.54, 1.807) is 0 Å². The lowest BCUT2D eigenvalue weighted by Gasteiger charge is -2.38. The summed E-state index contributed by atoms with van der Waals surface area (Å²) in [7, 11) is 0. The summed E-state index contributed by atoms with van der Waals surface area (Å²) in [4.78, 5) is 16.7. The summed E-state index contributed by atoms with van der Waals surface area (Å²) in [5.74, 6) is 0.472. The number of aliphatic hydroxyl groups excluding tert-OH is 1. The second-order valence-corrected chi connectivity index (χ2v) is 7.13. The average molecular weight is 316 g/mol. The summed E-state index contributed by atoms with van der Waals surface area (Å²) in [6.45, 7) is 6.33. The van der Waals surface area contributed by atoms with Gasteiger partial charge in [-0.15, -0.1) is 0 Å². The SMILES string of the molecule is CC1CCN(C(=O)CCN2c3ccccc3CCC2C)CC1O. The summed E-state index contributed by atoms with van der Waals surface area (Å²) in [5.41, 5.74) is 2.67. The Morgan fingerprint density at radius 1 is 1.26 bits per heavy atom. The number of nitrogens with zero attached hydrogens (tertiary/aromatic N) is 2. The first-order chi connectivity index (χ1) is 11.1. The van der Waals surface area contributed by atoms with Crippen LogP contribution < -0.4 is 4.90 Å². The van der Waals surface area contributed by atoms with E-state index in [2.05, 4.69) is 43.0 Å². The highest BCUT2D eigenvalue weighted by Gasteiger charge is 2.28. The van der Waals surface area contributed by atoms with Crippen LogP contribution in [-0.4, -0.2) is 47.7 Å². The molecule has 3 rings (SSSR count). The molecule has 2 aliphatic heterocycles. The standard InChI is InChI=1S/C19H28N2O2/c1-14-9-11-20(13-18(14)22)19(23)10-12-21-15(2)7-8-16-5-3-4-6-17(16)21/h3-6,14-15,18,22H,7-13H2,1-2H3. The summed E-state index contributed by atoms with van der Waals surface area (Å²) in [6, 6.07) is 9.01. The Labute approximate surface area is 139 Å². The Morgan fingerprint density at radius 3 is 2.83 bits per heavy atom. The zero-order valence-electron chi connectivity index (χ0n) is 14.2. The maximum Gasteiger partial charge on any atom is 0.224 e. The number of rotatable bonds is 3. The number of carbonyl (C=O) groups is 1. The van der Waals surface area contributed by atoms with Crippen LogP contribution in [0.25, 0.3) is 0 Å². The minimum absolute atomic E-state index is 0.172. The number of para-hydroxylation sites is 1. The number of aliphatic hydroxyl groups is 1. The summed E-state index contributed by atoms with van der Waals surface area (Å²) in [6.07, 6.45) is 3.32. The molecule has 2 aliphatic rings. The number of hydrogen-bond acceptors (Lipinski definition) is 3. The molecule has 1 N–H and O–H groups in total. The van der Waals surface area contributed by atoms with Gasteiger partial charge in [0, 0.05) is 37.8 Å². The number of aryl methyl sites for hydroxylation is 1. The van der Waals surface area contributed by atoms with E-state index >= 15 is 0 Å². The highest BCUT2D eigenvalue weighted by molar-refractivity contribution is 5.77. The van der Waals surface area contributed by atoms with Gasteiger partial charge in [-0.25, -0.2) is 0 Å². The number of hydrogen-bond donors (Lipinski definition) is 1. The predicted molar refractivity (Wildman–Crippen MR) is 92.6 cm³/mol. The van der Waals surface area contributed by atoms with Crippen LogP contribution in [0, 0.1) is 5.92 Å². The first-order valence-corrected chi connectivity index (χ1v) is 8.86. The Balaban J connectivity index is 1.61. The van der Waals surface area contributed by atoms with Crippen LogP contribution in [0.3, 0.4) is 0 Å². The molecule has 1 aromatic rings. The van der Waals surface area contributed by atoms with E-state index in [0.717, 1.165) is 32.4 Å². The Kier molecular flexibility index (Phi) is 4.90. The number of benzene rings is 1. The summed E-state index contributed by atoms with van der Waals surface area (Å²) < 4.78 is 0. The van der Waals surface area contributed by atoms with Gasteiger partial charge in [0.2, 0.25) is 5.91 Å². The van der Waals surface area contributed by atoms with E-state index < -0.39 is 0 Å². The molecule has 0 aromatic heterocycles. The maximum atomic E-state index is 12.5. The van der Waals surface area contributed by atoms with E-state index in [1.165, 1.54) is 11.3 Å². The topological polar surface area (TPSA) is 43.8 Å². The minimum atomic E-state index is -0.373. The maximum absolute atomic E-state index is 12.5. The lowest BCUT2D eigenvalue weighted by molar-refractivity contribution is -0.135. The molecule has 2 heterocycles. The zero-order chi connectivity index (χ0) is 16.4. The van der Waals surface area contributed by atoms with Crippen molar-refractivity contribution in [3.05, 3.63) is 29.8 Å². The van der Waals surface area contributed by atoms with Crippen molar-refractivity contribution >= 4 is 11.6 Å². The number of anilines is 1. The van der Waals surface area contributed by atoms with Crippen LogP contribution in [-0.2, 0) is 11.2 Å². The number of likely N-dealkylation sites (tertiary alicyclic amines) is 1. The molecule has 4 nitrogen and oxygen atoms in total. The predicted octanol–water partition coefficient (Wildman–Crippen LogP) is 2.45.